The summed E-state index contributed by atoms with van der Waals surface area (Å²) in [6, 6.07) is 1.56. The summed E-state index contributed by atoms with van der Waals surface area (Å²) in [5.74, 6) is -0.135. The highest BCUT2D eigenvalue weighted by Gasteiger charge is 2.53. The standard InChI is InChI=1S/C21H25N9O13P2/c22-15-7-1-2-29(16(7)25-5-24-15)19-12(32)13-9(41-19)4-39-45(36,37)43-14-11(31)8(3-38-44(34,35)42-13)40-20(14)30-6-26-10-17(30)27-21(23)28-18(10)33/h1-2,5-6,8-9,11-14,19-20,31-32H,3-4H2,(H,34,35)(H,36,37)(H2,22,24,25)(H3,23,27,28,33)/t8-,9-,11+,12+,13+,14+,19-,20-/m1/s1. The maximum Gasteiger partial charge on any atom is 0.472 e. The van der Waals surface area contributed by atoms with Crippen molar-refractivity contribution in [2.45, 2.75) is 49.1 Å². The van der Waals surface area contributed by atoms with Gasteiger partial charge in [-0.25, -0.2) is 24.1 Å². The van der Waals surface area contributed by atoms with Crippen molar-refractivity contribution in [1.82, 2.24) is 34.1 Å². The number of phosphoric ester groups is 2. The number of nitrogens with zero attached hydrogens (tertiary/aromatic N) is 6. The molecule has 2 bridgehead atoms. The van der Waals surface area contributed by atoms with E-state index in [9.17, 15) is 33.9 Å². The number of nitrogen functional groups attached to an aromatic ring is 2. The Balaban J connectivity index is 1.21. The number of imidazole rings is 1. The lowest BCUT2D eigenvalue weighted by atomic mass is 10.1. The molecule has 3 aliphatic heterocycles. The minimum atomic E-state index is -5.10. The van der Waals surface area contributed by atoms with Crippen LogP contribution < -0.4 is 17.0 Å². The van der Waals surface area contributed by atoms with E-state index in [-0.39, 0.29) is 28.6 Å². The zero-order valence-electron chi connectivity index (χ0n) is 22.5. The molecule has 22 nitrogen and oxygen atoms in total. The molecule has 3 saturated heterocycles. The fourth-order valence-electron chi connectivity index (χ4n) is 5.44. The third-order valence-corrected chi connectivity index (χ3v) is 9.45. The number of aromatic amines is 1. The number of hydrogen-bond donors (Lipinski definition) is 7. The normalized spacial score (nSPS) is 37.7. The molecule has 10 atom stereocenters. The van der Waals surface area contributed by atoms with Gasteiger partial charge in [-0.15, -0.1) is 0 Å². The number of H-pyrrole nitrogens is 1. The Labute approximate surface area is 249 Å². The first kappa shape index (κ1) is 30.3. The van der Waals surface area contributed by atoms with E-state index in [2.05, 4.69) is 24.9 Å². The van der Waals surface area contributed by atoms with Gasteiger partial charge in [0.15, 0.2) is 23.6 Å². The van der Waals surface area contributed by atoms with Crippen LogP contribution in [0, 0.1) is 0 Å². The molecule has 242 valence electrons. The van der Waals surface area contributed by atoms with Gasteiger partial charge in [-0.3, -0.25) is 32.4 Å². The van der Waals surface area contributed by atoms with Crippen molar-refractivity contribution in [3.05, 3.63) is 35.3 Å². The number of hydrogen-bond acceptors (Lipinski definition) is 17. The largest absolute Gasteiger partial charge is 0.472 e. The molecule has 0 saturated carbocycles. The molecule has 0 radical (unpaired) electrons. The molecule has 45 heavy (non-hydrogen) atoms. The van der Waals surface area contributed by atoms with Gasteiger partial charge in [-0.05, 0) is 6.07 Å². The van der Waals surface area contributed by atoms with E-state index in [1.807, 2.05) is 0 Å². The number of aliphatic hydroxyl groups is 2. The summed E-state index contributed by atoms with van der Waals surface area (Å²) in [7, 11) is -10.2. The van der Waals surface area contributed by atoms with Crippen molar-refractivity contribution in [3.8, 4) is 0 Å². The highest BCUT2D eigenvalue weighted by molar-refractivity contribution is 7.47. The smallest absolute Gasteiger partial charge is 0.387 e. The average molecular weight is 673 g/mol. The van der Waals surface area contributed by atoms with Gasteiger partial charge in [-0.2, -0.15) is 4.98 Å². The summed E-state index contributed by atoms with van der Waals surface area (Å²) < 4.78 is 61.3. The lowest BCUT2D eigenvalue weighted by molar-refractivity contribution is -0.0671. The van der Waals surface area contributed by atoms with E-state index >= 15 is 0 Å². The first-order valence-corrected chi connectivity index (χ1v) is 16.1. The zero-order valence-corrected chi connectivity index (χ0v) is 24.3. The Hall–Kier alpha value is -3.37. The molecule has 0 amide bonds. The van der Waals surface area contributed by atoms with Crippen LogP contribution in [0.25, 0.3) is 22.2 Å². The van der Waals surface area contributed by atoms with Crippen LogP contribution in [0.15, 0.2) is 29.7 Å². The molecular formula is C21H25N9O13P2. The van der Waals surface area contributed by atoms with Gasteiger partial charge in [0.25, 0.3) is 5.56 Å². The number of anilines is 2. The van der Waals surface area contributed by atoms with Crippen molar-refractivity contribution in [2.75, 3.05) is 24.7 Å². The number of rotatable bonds is 2. The maximum atomic E-state index is 13.2. The molecule has 24 heteroatoms. The number of nitrogens with one attached hydrogen (secondary N) is 1. The number of phosphoric acid groups is 2. The first-order valence-electron chi connectivity index (χ1n) is 13.1. The van der Waals surface area contributed by atoms with Crippen molar-refractivity contribution in [2.24, 2.45) is 0 Å². The van der Waals surface area contributed by atoms with Crippen molar-refractivity contribution in [1.29, 1.82) is 0 Å². The highest BCUT2D eigenvalue weighted by Crippen LogP contribution is 2.53. The van der Waals surface area contributed by atoms with Gasteiger partial charge in [0, 0.05) is 6.20 Å². The summed E-state index contributed by atoms with van der Waals surface area (Å²) in [6.07, 6.45) is -8.73. The molecule has 0 aromatic carbocycles. The molecule has 4 aromatic heterocycles. The van der Waals surface area contributed by atoms with Crippen LogP contribution in [0.1, 0.15) is 12.5 Å². The van der Waals surface area contributed by atoms with Gasteiger partial charge >= 0.3 is 15.6 Å². The molecule has 0 spiro atoms. The number of ether oxygens (including phenoxy) is 2. The topological polar surface area (TPSA) is 317 Å². The van der Waals surface area contributed by atoms with Gasteiger partial charge in [-0.1, -0.05) is 0 Å². The van der Waals surface area contributed by atoms with E-state index in [4.69, 9.17) is 39.0 Å². The van der Waals surface area contributed by atoms with Crippen LogP contribution in [0.2, 0.25) is 0 Å². The van der Waals surface area contributed by atoms with Gasteiger partial charge < -0.3 is 45.5 Å². The predicted octanol–water partition coefficient (Wildman–Crippen LogP) is -1.74. The summed E-state index contributed by atoms with van der Waals surface area (Å²) in [5.41, 5.74) is 10.8. The minimum absolute atomic E-state index is 0.124. The van der Waals surface area contributed by atoms with Crippen LogP contribution >= 0.6 is 15.6 Å². The van der Waals surface area contributed by atoms with Gasteiger partial charge in [0.2, 0.25) is 5.95 Å². The first-order chi connectivity index (χ1) is 21.3. The number of aromatic nitrogens is 7. The molecule has 9 N–H and O–H groups in total. The molecule has 4 aromatic rings. The molecule has 7 rings (SSSR count). The lowest BCUT2D eigenvalue weighted by Gasteiger charge is -2.25. The summed E-state index contributed by atoms with van der Waals surface area (Å²) >= 11 is 0. The Kier molecular flexibility index (Phi) is 7.32. The Bertz CT molecular complexity index is 1930. The van der Waals surface area contributed by atoms with Gasteiger partial charge in [0.05, 0.1) is 24.9 Å². The van der Waals surface area contributed by atoms with E-state index < -0.39 is 83.5 Å². The van der Waals surface area contributed by atoms with Crippen LogP contribution in [0.3, 0.4) is 0 Å². The monoisotopic (exact) mass is 673 g/mol. The van der Waals surface area contributed by atoms with E-state index in [0.717, 1.165) is 10.9 Å². The third kappa shape index (κ3) is 5.33. The third-order valence-electron chi connectivity index (χ3n) is 7.47. The average Bonchev–Trinajstić information content (AvgIpc) is 3.72. The second kappa shape index (κ2) is 10.9. The fraction of sp³-hybridized carbons (Fsp3) is 0.476. The second-order valence-electron chi connectivity index (χ2n) is 10.3. The number of fused-ring (bicyclic) bond motifs is 5. The number of nitrogens with two attached hydrogens (primary N) is 2. The molecule has 0 aliphatic carbocycles. The van der Waals surface area contributed by atoms with Crippen LogP contribution in [-0.2, 0) is 36.7 Å². The summed E-state index contributed by atoms with van der Waals surface area (Å²) in [5, 5.41) is 22.6. The Morgan fingerprint density at radius 1 is 0.889 bits per heavy atom. The summed E-state index contributed by atoms with van der Waals surface area (Å²) in [6.45, 7) is -1.62. The molecule has 3 fully saturated rings. The van der Waals surface area contributed by atoms with Crippen LogP contribution in [0.4, 0.5) is 11.8 Å². The molecule has 3 aliphatic rings. The number of aliphatic hydroxyl groups excluding tert-OH is 2. The highest BCUT2D eigenvalue weighted by atomic mass is 31.2. The minimum Gasteiger partial charge on any atom is -0.387 e. The van der Waals surface area contributed by atoms with E-state index in [1.54, 1.807) is 6.07 Å². The molecule has 2 unspecified atom stereocenters. The SMILES string of the molecule is Nc1nc2c(ncn2[C@@H]2O[C@@H]3COP(=O)(O)O[C@@H]4[C@H](O)[C@H](n5ccc6c(N)ncnc65)O[C@@H]4COP(=O)(O)O[C@H]2[C@H]3O)c(=O)[nH]1. The maximum absolute atomic E-state index is 13.2. The quantitative estimate of drug-likeness (QED) is 0.116. The van der Waals surface area contributed by atoms with Crippen molar-refractivity contribution in [3.63, 3.8) is 0 Å². The fourth-order valence-corrected chi connectivity index (χ4v) is 7.33. The van der Waals surface area contributed by atoms with Gasteiger partial charge in [0.1, 0.15) is 54.4 Å². The van der Waals surface area contributed by atoms with Crippen LogP contribution in [0.5, 0.6) is 0 Å². The lowest BCUT2D eigenvalue weighted by Crippen LogP contribution is -2.36. The molecular weight excluding hydrogens is 648 g/mol. The van der Waals surface area contributed by atoms with E-state index in [1.165, 1.54) is 17.1 Å². The van der Waals surface area contributed by atoms with Crippen molar-refractivity contribution < 1.29 is 56.7 Å². The Morgan fingerprint density at radius 2 is 1.58 bits per heavy atom. The second-order valence-corrected chi connectivity index (χ2v) is 13.1. The van der Waals surface area contributed by atoms with Crippen molar-refractivity contribution >= 4 is 49.6 Å². The Morgan fingerprint density at radius 3 is 2.33 bits per heavy atom. The summed E-state index contributed by atoms with van der Waals surface area (Å²) in [4.78, 5) is 51.8. The molecule has 7 heterocycles. The van der Waals surface area contributed by atoms with Crippen LogP contribution in [-0.4, -0.2) is 104 Å². The zero-order chi connectivity index (χ0) is 31.8. The predicted molar refractivity (Wildman–Crippen MR) is 146 cm³/mol. The van der Waals surface area contributed by atoms with E-state index in [0.29, 0.717) is 5.39 Å².